The van der Waals surface area contributed by atoms with Crippen molar-refractivity contribution in [2.75, 3.05) is 13.2 Å². The third kappa shape index (κ3) is 2.68. The highest BCUT2D eigenvalue weighted by molar-refractivity contribution is 5.85. The molecule has 5 heteroatoms. The lowest BCUT2D eigenvalue weighted by atomic mass is 9.78. The quantitative estimate of drug-likeness (QED) is 0.838. The van der Waals surface area contributed by atoms with Crippen molar-refractivity contribution in [3.8, 4) is 0 Å². The van der Waals surface area contributed by atoms with Gasteiger partial charge in [0.15, 0.2) is 0 Å². The van der Waals surface area contributed by atoms with Gasteiger partial charge in [0, 0.05) is 13.0 Å². The van der Waals surface area contributed by atoms with Gasteiger partial charge in [0.2, 0.25) is 5.91 Å². The molecule has 1 saturated carbocycles. The Hall–Kier alpha value is -1.10. The van der Waals surface area contributed by atoms with Gasteiger partial charge in [-0.2, -0.15) is 0 Å². The van der Waals surface area contributed by atoms with E-state index in [1.165, 1.54) is 0 Å². The van der Waals surface area contributed by atoms with E-state index >= 15 is 0 Å². The van der Waals surface area contributed by atoms with E-state index in [0.29, 0.717) is 26.0 Å². The van der Waals surface area contributed by atoms with Gasteiger partial charge in [-0.1, -0.05) is 13.8 Å². The SMILES string of the molecule is CCC(CC)(CC(=O)N1CCOC2CCCC21)C(=O)O. The number of aliphatic carboxylic acids is 1. The summed E-state index contributed by atoms with van der Waals surface area (Å²) in [5.74, 6) is -0.872. The van der Waals surface area contributed by atoms with Gasteiger partial charge in [0.25, 0.3) is 0 Å². The number of rotatable bonds is 5. The predicted molar refractivity (Wildman–Crippen MR) is 74.4 cm³/mol. The van der Waals surface area contributed by atoms with Crippen molar-refractivity contribution in [3.05, 3.63) is 0 Å². The van der Waals surface area contributed by atoms with Gasteiger partial charge in [0.05, 0.1) is 24.2 Å². The molecular formula is C15H25NO4. The Balaban J connectivity index is 2.08. The molecule has 0 radical (unpaired) electrons. The highest BCUT2D eigenvalue weighted by Crippen LogP contribution is 2.35. The first kappa shape index (κ1) is 15.3. The van der Waals surface area contributed by atoms with Gasteiger partial charge in [-0.3, -0.25) is 9.59 Å². The van der Waals surface area contributed by atoms with Crippen molar-refractivity contribution in [1.82, 2.24) is 4.90 Å². The second-order valence-electron chi connectivity index (χ2n) is 5.96. The summed E-state index contributed by atoms with van der Waals surface area (Å²) in [6, 6.07) is 0.163. The fraction of sp³-hybridized carbons (Fsp3) is 0.867. The third-order valence-corrected chi connectivity index (χ3v) is 5.10. The number of carbonyl (C=O) groups excluding carboxylic acids is 1. The van der Waals surface area contributed by atoms with E-state index in [-0.39, 0.29) is 24.5 Å². The van der Waals surface area contributed by atoms with E-state index < -0.39 is 11.4 Å². The number of carboxylic acid groups (broad SMARTS) is 1. The van der Waals surface area contributed by atoms with Crippen molar-refractivity contribution in [1.29, 1.82) is 0 Å². The molecule has 2 rings (SSSR count). The predicted octanol–water partition coefficient (Wildman–Crippen LogP) is 2.05. The van der Waals surface area contributed by atoms with E-state index in [1.807, 2.05) is 18.7 Å². The number of fused-ring (bicyclic) bond motifs is 1. The highest BCUT2D eigenvalue weighted by atomic mass is 16.5. The van der Waals surface area contributed by atoms with Crippen molar-refractivity contribution in [2.24, 2.45) is 5.41 Å². The Morgan fingerprint density at radius 2 is 2.00 bits per heavy atom. The zero-order valence-electron chi connectivity index (χ0n) is 12.4. The maximum absolute atomic E-state index is 12.6. The fourth-order valence-corrected chi connectivity index (χ4v) is 3.50. The van der Waals surface area contributed by atoms with E-state index in [1.54, 1.807) is 0 Å². The molecule has 0 aromatic rings. The smallest absolute Gasteiger partial charge is 0.310 e. The van der Waals surface area contributed by atoms with Gasteiger partial charge < -0.3 is 14.7 Å². The molecule has 2 unspecified atom stereocenters. The van der Waals surface area contributed by atoms with Crippen molar-refractivity contribution >= 4 is 11.9 Å². The lowest BCUT2D eigenvalue weighted by molar-refractivity contribution is -0.158. The standard InChI is InChI=1S/C15H25NO4/c1-3-15(4-2,14(18)19)10-13(17)16-8-9-20-12-7-5-6-11(12)16/h11-12H,3-10H2,1-2H3,(H,18,19). The van der Waals surface area contributed by atoms with Gasteiger partial charge >= 0.3 is 5.97 Å². The molecule has 2 aliphatic rings. The van der Waals surface area contributed by atoms with Crippen LogP contribution in [0.4, 0.5) is 0 Å². The summed E-state index contributed by atoms with van der Waals surface area (Å²) in [4.78, 5) is 26.0. The van der Waals surface area contributed by atoms with Gasteiger partial charge in [-0.15, -0.1) is 0 Å². The average molecular weight is 283 g/mol. The van der Waals surface area contributed by atoms with Gasteiger partial charge in [-0.25, -0.2) is 0 Å². The number of carboxylic acids is 1. The lowest BCUT2D eigenvalue weighted by Crippen LogP contribution is -2.52. The minimum Gasteiger partial charge on any atom is -0.481 e. The molecule has 0 bridgehead atoms. The summed E-state index contributed by atoms with van der Waals surface area (Å²) >= 11 is 0. The maximum Gasteiger partial charge on any atom is 0.310 e. The van der Waals surface area contributed by atoms with E-state index in [4.69, 9.17) is 4.74 Å². The first-order chi connectivity index (χ1) is 9.54. The maximum atomic E-state index is 12.6. The fourth-order valence-electron chi connectivity index (χ4n) is 3.50. The average Bonchev–Trinajstić information content (AvgIpc) is 2.92. The first-order valence-corrected chi connectivity index (χ1v) is 7.68. The second-order valence-corrected chi connectivity index (χ2v) is 5.96. The molecule has 0 spiro atoms. The molecule has 1 amide bonds. The van der Waals surface area contributed by atoms with Crippen LogP contribution in [0.2, 0.25) is 0 Å². The summed E-state index contributed by atoms with van der Waals surface area (Å²) in [7, 11) is 0. The summed E-state index contributed by atoms with van der Waals surface area (Å²) in [5.41, 5.74) is -0.913. The number of carbonyl (C=O) groups is 2. The number of amides is 1. The first-order valence-electron chi connectivity index (χ1n) is 7.68. The second kappa shape index (κ2) is 6.12. The summed E-state index contributed by atoms with van der Waals surface area (Å²) in [6.07, 6.45) is 4.33. The van der Waals surface area contributed by atoms with Crippen LogP contribution in [0.5, 0.6) is 0 Å². The minimum absolute atomic E-state index is 0.0173. The van der Waals surface area contributed by atoms with Crippen LogP contribution in [0.3, 0.4) is 0 Å². The molecule has 5 nitrogen and oxygen atoms in total. The van der Waals surface area contributed by atoms with Crippen LogP contribution in [0.1, 0.15) is 52.4 Å². The van der Waals surface area contributed by atoms with Crippen LogP contribution in [-0.2, 0) is 14.3 Å². The molecule has 2 fully saturated rings. The van der Waals surface area contributed by atoms with Crippen molar-refractivity contribution < 1.29 is 19.4 Å². The molecule has 0 aromatic heterocycles. The lowest BCUT2D eigenvalue weighted by Gasteiger charge is -2.39. The Bertz CT molecular complexity index is 378. The highest BCUT2D eigenvalue weighted by Gasteiger charge is 2.43. The van der Waals surface area contributed by atoms with Crippen molar-refractivity contribution in [3.63, 3.8) is 0 Å². The number of hydrogen-bond acceptors (Lipinski definition) is 3. The Labute approximate surface area is 120 Å². The van der Waals surface area contributed by atoms with Gasteiger partial charge in [0.1, 0.15) is 0 Å². The molecule has 20 heavy (non-hydrogen) atoms. The molecule has 1 aliphatic heterocycles. The van der Waals surface area contributed by atoms with Crippen LogP contribution in [0.15, 0.2) is 0 Å². The van der Waals surface area contributed by atoms with Crippen LogP contribution >= 0.6 is 0 Å². The molecule has 2 atom stereocenters. The Morgan fingerprint density at radius 1 is 1.30 bits per heavy atom. The zero-order valence-corrected chi connectivity index (χ0v) is 12.4. The molecule has 1 aliphatic carbocycles. The monoisotopic (exact) mass is 283 g/mol. The summed E-state index contributed by atoms with van der Waals surface area (Å²) in [5, 5.41) is 9.46. The molecule has 1 saturated heterocycles. The number of nitrogens with zero attached hydrogens (tertiary/aromatic N) is 1. The summed E-state index contributed by atoms with van der Waals surface area (Å²) in [6.45, 7) is 4.87. The Kier molecular flexibility index (Phi) is 4.68. The largest absolute Gasteiger partial charge is 0.481 e. The van der Waals surface area contributed by atoms with Gasteiger partial charge in [-0.05, 0) is 32.1 Å². The zero-order chi connectivity index (χ0) is 14.8. The van der Waals surface area contributed by atoms with E-state index in [2.05, 4.69) is 0 Å². The van der Waals surface area contributed by atoms with Crippen LogP contribution < -0.4 is 0 Å². The van der Waals surface area contributed by atoms with Crippen LogP contribution in [-0.4, -0.2) is 47.2 Å². The molecule has 114 valence electrons. The minimum atomic E-state index is -0.913. The number of morpholine rings is 1. The van der Waals surface area contributed by atoms with Crippen LogP contribution in [0, 0.1) is 5.41 Å². The number of ether oxygens (including phenoxy) is 1. The normalized spacial score (nSPS) is 26.4. The van der Waals surface area contributed by atoms with E-state index in [0.717, 1.165) is 19.3 Å². The third-order valence-electron chi connectivity index (χ3n) is 5.10. The topological polar surface area (TPSA) is 66.8 Å². The number of hydrogen-bond donors (Lipinski definition) is 1. The van der Waals surface area contributed by atoms with E-state index in [9.17, 15) is 14.7 Å². The summed E-state index contributed by atoms with van der Waals surface area (Å²) < 4.78 is 5.70. The Morgan fingerprint density at radius 3 is 2.60 bits per heavy atom. The van der Waals surface area contributed by atoms with Crippen LogP contribution in [0.25, 0.3) is 0 Å². The molecule has 1 N–H and O–H groups in total. The molecular weight excluding hydrogens is 258 g/mol. The molecule has 0 aromatic carbocycles. The molecule has 1 heterocycles. The van der Waals surface area contributed by atoms with Crippen molar-refractivity contribution in [2.45, 2.75) is 64.5 Å².